The zero-order chi connectivity index (χ0) is 30.4. The number of hydrogen-bond donors (Lipinski definition) is 2. The molecule has 2 N–H and O–H groups in total. The molecule has 1 aromatic heterocycles. The van der Waals surface area contributed by atoms with E-state index in [4.69, 9.17) is 9.47 Å². The molecule has 0 aliphatic carbocycles. The number of rotatable bonds is 11. The van der Waals surface area contributed by atoms with Gasteiger partial charge in [0.25, 0.3) is 11.8 Å². The van der Waals surface area contributed by atoms with Gasteiger partial charge in [-0.25, -0.2) is 3.97 Å². The van der Waals surface area contributed by atoms with Gasteiger partial charge in [-0.05, 0) is 55.3 Å². The third kappa shape index (κ3) is 6.64. The Morgan fingerprint density at radius 1 is 0.952 bits per heavy atom. The number of amides is 2. The maximum absolute atomic E-state index is 13.5. The van der Waals surface area contributed by atoms with E-state index in [0.29, 0.717) is 39.9 Å². The van der Waals surface area contributed by atoms with Gasteiger partial charge in [0, 0.05) is 43.4 Å². The first-order valence-electron chi connectivity index (χ1n) is 13.2. The Kier molecular flexibility index (Phi) is 9.34. The molecule has 3 aromatic carbocycles. The van der Waals surface area contributed by atoms with Gasteiger partial charge in [0.05, 0.1) is 19.7 Å². The van der Waals surface area contributed by atoms with Crippen molar-refractivity contribution in [3.05, 3.63) is 101 Å². The molecule has 4 rings (SSSR count). The summed E-state index contributed by atoms with van der Waals surface area (Å²) >= 11 is 0. The largest absolute Gasteiger partial charge is 0.493 e. The molecular formula is C31H34N4O6S. The van der Waals surface area contributed by atoms with Crippen molar-refractivity contribution in [3.63, 3.8) is 0 Å². The highest BCUT2D eigenvalue weighted by atomic mass is 32.2. The highest BCUT2D eigenvalue weighted by Crippen LogP contribution is 2.28. The molecule has 42 heavy (non-hydrogen) atoms. The van der Waals surface area contributed by atoms with Crippen LogP contribution >= 0.6 is 0 Å². The van der Waals surface area contributed by atoms with Gasteiger partial charge >= 0.3 is 10.2 Å². The Balaban J connectivity index is 1.67. The van der Waals surface area contributed by atoms with E-state index >= 15 is 0 Å². The van der Waals surface area contributed by atoms with E-state index in [1.54, 1.807) is 68.8 Å². The molecule has 0 radical (unpaired) electrons. The summed E-state index contributed by atoms with van der Waals surface area (Å²) in [6.07, 6.45) is 3.42. The summed E-state index contributed by atoms with van der Waals surface area (Å²) in [6, 6.07) is 19.4. The molecule has 0 bridgehead atoms. The van der Waals surface area contributed by atoms with E-state index in [0.717, 1.165) is 19.4 Å². The van der Waals surface area contributed by atoms with Crippen LogP contribution in [-0.2, 0) is 21.4 Å². The first kappa shape index (κ1) is 30.4. The Hall–Kier alpha value is -4.61. The second-order valence-electron chi connectivity index (χ2n) is 9.76. The van der Waals surface area contributed by atoms with Crippen LogP contribution in [0.4, 0.5) is 0 Å². The molecular weight excluding hydrogens is 556 g/mol. The van der Waals surface area contributed by atoms with Crippen LogP contribution in [0, 0.1) is 6.92 Å². The Morgan fingerprint density at radius 3 is 2.31 bits per heavy atom. The van der Waals surface area contributed by atoms with Crippen molar-refractivity contribution in [3.8, 4) is 11.5 Å². The van der Waals surface area contributed by atoms with Crippen molar-refractivity contribution in [2.75, 3.05) is 34.9 Å². The molecule has 0 aliphatic rings. The number of nitrogens with zero attached hydrogens (tertiary/aromatic N) is 2. The number of aryl methyl sites for hydroxylation is 1. The quantitative estimate of drug-likeness (QED) is 0.257. The predicted molar refractivity (Wildman–Crippen MR) is 163 cm³/mol. The van der Waals surface area contributed by atoms with Gasteiger partial charge < -0.3 is 20.1 Å². The maximum Gasteiger partial charge on any atom is 0.307 e. The van der Waals surface area contributed by atoms with Crippen molar-refractivity contribution in [1.82, 2.24) is 18.9 Å². The topological polar surface area (TPSA) is 119 Å². The van der Waals surface area contributed by atoms with Crippen LogP contribution in [0.15, 0.2) is 78.6 Å². The van der Waals surface area contributed by atoms with Crippen LogP contribution in [0.3, 0.4) is 0 Å². The molecule has 0 saturated carbocycles. The number of fused-ring (bicyclic) bond motifs is 1. The van der Waals surface area contributed by atoms with E-state index in [1.807, 2.05) is 19.1 Å². The van der Waals surface area contributed by atoms with Gasteiger partial charge in [0.1, 0.15) is 5.70 Å². The maximum atomic E-state index is 13.5. The SMILES string of the molecule is COc1ccc(CCNC(=O)/C(=C/c2cn(S(=O)(=O)N(C)C)c3ccccc23)NC(=O)c2ccc(C)cc2)cc1OC. The lowest BCUT2D eigenvalue weighted by atomic mass is 10.1. The molecule has 0 atom stereocenters. The average Bonchev–Trinajstić information content (AvgIpc) is 3.36. The first-order valence-corrected chi connectivity index (χ1v) is 14.6. The lowest BCUT2D eigenvalue weighted by Crippen LogP contribution is -2.35. The van der Waals surface area contributed by atoms with Crippen LogP contribution in [0.2, 0.25) is 0 Å². The zero-order valence-electron chi connectivity index (χ0n) is 24.2. The summed E-state index contributed by atoms with van der Waals surface area (Å²) in [5.74, 6) is 0.185. The number of methoxy groups -OCH3 is 2. The lowest BCUT2D eigenvalue weighted by molar-refractivity contribution is -0.117. The smallest absolute Gasteiger partial charge is 0.307 e. The number of nitrogens with one attached hydrogen (secondary N) is 2. The summed E-state index contributed by atoms with van der Waals surface area (Å²) in [7, 11) is 2.15. The average molecular weight is 591 g/mol. The predicted octanol–water partition coefficient (Wildman–Crippen LogP) is 3.75. The fourth-order valence-electron chi connectivity index (χ4n) is 4.32. The molecule has 0 fully saturated rings. The highest BCUT2D eigenvalue weighted by molar-refractivity contribution is 7.87. The minimum Gasteiger partial charge on any atom is -0.493 e. The summed E-state index contributed by atoms with van der Waals surface area (Å²) in [5.41, 5.74) is 3.14. The van der Waals surface area contributed by atoms with E-state index in [1.165, 1.54) is 26.4 Å². The molecule has 0 spiro atoms. The van der Waals surface area contributed by atoms with Gasteiger partial charge in [-0.2, -0.15) is 12.7 Å². The Bertz CT molecular complexity index is 1740. The van der Waals surface area contributed by atoms with Gasteiger partial charge in [-0.3, -0.25) is 9.59 Å². The van der Waals surface area contributed by atoms with E-state index < -0.39 is 22.0 Å². The van der Waals surface area contributed by atoms with E-state index in [9.17, 15) is 18.0 Å². The monoisotopic (exact) mass is 590 g/mol. The highest BCUT2D eigenvalue weighted by Gasteiger charge is 2.22. The third-order valence-corrected chi connectivity index (χ3v) is 8.39. The van der Waals surface area contributed by atoms with Crippen LogP contribution < -0.4 is 20.1 Å². The molecule has 2 amide bonds. The zero-order valence-corrected chi connectivity index (χ0v) is 25.0. The van der Waals surface area contributed by atoms with E-state index in [-0.39, 0.29) is 12.2 Å². The lowest BCUT2D eigenvalue weighted by Gasteiger charge is -2.13. The van der Waals surface area contributed by atoms with Gasteiger partial charge in [-0.15, -0.1) is 0 Å². The summed E-state index contributed by atoms with van der Waals surface area (Å²) in [5, 5.41) is 6.18. The fraction of sp³-hybridized carbons (Fsp3) is 0.226. The van der Waals surface area contributed by atoms with Crippen molar-refractivity contribution in [2.24, 2.45) is 0 Å². The van der Waals surface area contributed by atoms with Crippen molar-refractivity contribution in [2.45, 2.75) is 13.3 Å². The molecule has 4 aromatic rings. The number of carbonyl (C=O) groups is 2. The minimum absolute atomic E-state index is 0.0296. The molecule has 1 heterocycles. The second-order valence-corrected chi connectivity index (χ2v) is 11.8. The number of para-hydroxylation sites is 1. The molecule has 220 valence electrons. The molecule has 0 aliphatic heterocycles. The van der Waals surface area contributed by atoms with Crippen LogP contribution in [-0.4, -0.2) is 63.4 Å². The Morgan fingerprint density at radius 2 is 1.64 bits per heavy atom. The van der Waals surface area contributed by atoms with Crippen LogP contribution in [0.1, 0.15) is 27.0 Å². The molecule has 0 unspecified atom stereocenters. The fourth-order valence-corrected chi connectivity index (χ4v) is 5.33. The number of ether oxygens (including phenoxy) is 2. The van der Waals surface area contributed by atoms with E-state index in [2.05, 4.69) is 10.6 Å². The van der Waals surface area contributed by atoms with Gasteiger partial charge in [-0.1, -0.05) is 42.0 Å². The number of carbonyl (C=O) groups excluding carboxylic acids is 2. The molecule has 0 saturated heterocycles. The number of benzene rings is 3. The number of aromatic nitrogens is 1. The first-order chi connectivity index (χ1) is 20.0. The second kappa shape index (κ2) is 12.9. The van der Waals surface area contributed by atoms with Gasteiger partial charge in [0.2, 0.25) is 0 Å². The van der Waals surface area contributed by atoms with Crippen molar-refractivity contribution >= 4 is 39.0 Å². The van der Waals surface area contributed by atoms with Crippen molar-refractivity contribution in [1.29, 1.82) is 0 Å². The summed E-state index contributed by atoms with van der Waals surface area (Å²) in [6.45, 7) is 2.18. The van der Waals surface area contributed by atoms with Crippen molar-refractivity contribution < 1.29 is 27.5 Å². The minimum atomic E-state index is -3.85. The summed E-state index contributed by atoms with van der Waals surface area (Å²) in [4.78, 5) is 26.6. The summed E-state index contributed by atoms with van der Waals surface area (Å²) < 4.78 is 39.0. The Labute approximate surface area is 245 Å². The third-order valence-electron chi connectivity index (χ3n) is 6.67. The molecule has 10 nitrogen and oxygen atoms in total. The van der Waals surface area contributed by atoms with Crippen LogP contribution in [0.5, 0.6) is 11.5 Å². The standard InChI is InChI=1S/C31H34N4O6S/c1-21-10-13-23(14-11-21)30(36)33-26(31(37)32-17-16-22-12-15-28(40-4)29(18-22)41-5)19-24-20-35(42(38,39)34(2)3)27-9-7-6-8-25(24)27/h6-15,18-20H,16-17H2,1-5H3,(H,32,37)(H,33,36)/b26-19-. The van der Waals surface area contributed by atoms with Gasteiger partial charge in [0.15, 0.2) is 11.5 Å². The molecule has 11 heteroatoms. The van der Waals surface area contributed by atoms with Crippen LogP contribution in [0.25, 0.3) is 17.0 Å². The number of hydrogen-bond acceptors (Lipinski definition) is 6. The normalized spacial score (nSPS) is 11.9.